The van der Waals surface area contributed by atoms with Crippen LogP contribution in [0.15, 0.2) is 24.3 Å². The fourth-order valence-electron chi connectivity index (χ4n) is 1.72. The van der Waals surface area contributed by atoms with Crippen LogP contribution in [0.25, 0.3) is 11.0 Å². The Hall–Kier alpha value is -1.59. The molecule has 1 aromatic carbocycles. The predicted octanol–water partition coefficient (Wildman–Crippen LogP) is 2.20. The van der Waals surface area contributed by atoms with E-state index in [0.717, 1.165) is 16.9 Å². The minimum Gasteiger partial charge on any atom is -0.465 e. The third kappa shape index (κ3) is 3.94. The maximum atomic E-state index is 11.2. The van der Waals surface area contributed by atoms with Crippen molar-refractivity contribution in [3.63, 3.8) is 0 Å². The van der Waals surface area contributed by atoms with E-state index in [0.29, 0.717) is 6.61 Å². The number of aromatic amines is 1. The molecule has 5 nitrogen and oxygen atoms in total. The Labute approximate surface area is 118 Å². The van der Waals surface area contributed by atoms with Crippen LogP contribution in [0.5, 0.6) is 0 Å². The van der Waals surface area contributed by atoms with Gasteiger partial charge in [0.1, 0.15) is 5.82 Å². The lowest BCUT2D eigenvalue weighted by molar-refractivity contribution is -0.142. The van der Waals surface area contributed by atoms with E-state index in [4.69, 9.17) is 4.74 Å². The van der Waals surface area contributed by atoms with Gasteiger partial charge in [-0.05, 0) is 26.0 Å². The number of imidazole rings is 1. The van der Waals surface area contributed by atoms with E-state index in [9.17, 15) is 4.79 Å². The van der Waals surface area contributed by atoms with Crippen molar-refractivity contribution in [1.29, 1.82) is 0 Å². The Bertz CT molecular complexity index is 508. The number of fused-ring (bicyclic) bond motifs is 1. The van der Waals surface area contributed by atoms with Gasteiger partial charge in [-0.25, -0.2) is 4.98 Å². The van der Waals surface area contributed by atoms with E-state index in [2.05, 4.69) is 15.3 Å². The molecule has 2 N–H and O–H groups in total. The van der Waals surface area contributed by atoms with Crippen LogP contribution in [-0.4, -0.2) is 29.1 Å². The monoisotopic (exact) mass is 283 g/mol. The molecule has 0 radical (unpaired) electrons. The van der Waals surface area contributed by atoms with Gasteiger partial charge >= 0.3 is 5.97 Å². The summed E-state index contributed by atoms with van der Waals surface area (Å²) in [6.07, 6.45) is 0. The Morgan fingerprint density at radius 1 is 1.47 bits per heavy atom. The lowest BCUT2D eigenvalue weighted by Gasteiger charge is -2.10. The van der Waals surface area contributed by atoms with Gasteiger partial charge in [0, 0.05) is 0 Å². The van der Waals surface area contributed by atoms with Gasteiger partial charge in [0.05, 0.1) is 30.2 Å². The van der Waals surface area contributed by atoms with Crippen LogP contribution in [0.4, 0.5) is 0 Å². The molecule has 0 bridgehead atoms. The average molecular weight is 284 g/mol. The highest BCUT2D eigenvalue weighted by atomic mass is 35.5. The van der Waals surface area contributed by atoms with Crippen LogP contribution in [0.3, 0.4) is 0 Å². The molecule has 0 aliphatic carbocycles. The van der Waals surface area contributed by atoms with E-state index in [1.165, 1.54) is 0 Å². The van der Waals surface area contributed by atoms with Gasteiger partial charge < -0.3 is 9.72 Å². The van der Waals surface area contributed by atoms with E-state index in [-0.39, 0.29) is 31.0 Å². The molecule has 104 valence electrons. The summed E-state index contributed by atoms with van der Waals surface area (Å²) in [5, 5.41) is 3.08. The normalized spacial score (nSPS) is 11.9. The fourth-order valence-corrected chi connectivity index (χ4v) is 1.72. The van der Waals surface area contributed by atoms with Gasteiger partial charge in [-0.3, -0.25) is 10.1 Å². The molecule has 0 fully saturated rings. The van der Waals surface area contributed by atoms with Crippen LogP contribution in [-0.2, 0) is 9.53 Å². The van der Waals surface area contributed by atoms with Crippen LogP contribution in [0.2, 0.25) is 0 Å². The summed E-state index contributed by atoms with van der Waals surface area (Å²) in [6, 6.07) is 7.81. The van der Waals surface area contributed by atoms with Crippen molar-refractivity contribution in [3.05, 3.63) is 30.1 Å². The number of carbonyl (C=O) groups excluding carboxylic acids is 1. The highest BCUT2D eigenvalue weighted by Crippen LogP contribution is 2.15. The first-order valence-electron chi connectivity index (χ1n) is 6.04. The lowest BCUT2D eigenvalue weighted by atomic mass is 10.3. The third-order valence-corrected chi connectivity index (χ3v) is 2.68. The van der Waals surface area contributed by atoms with Crippen LogP contribution >= 0.6 is 12.4 Å². The first-order valence-corrected chi connectivity index (χ1v) is 6.04. The second-order valence-electron chi connectivity index (χ2n) is 4.05. The van der Waals surface area contributed by atoms with Gasteiger partial charge in [-0.15, -0.1) is 12.4 Å². The molecule has 19 heavy (non-hydrogen) atoms. The number of aromatic nitrogens is 2. The highest BCUT2D eigenvalue weighted by Gasteiger charge is 2.11. The lowest BCUT2D eigenvalue weighted by Crippen LogP contribution is -2.27. The molecule has 1 atom stereocenters. The van der Waals surface area contributed by atoms with Gasteiger partial charge in [0.25, 0.3) is 0 Å². The summed E-state index contributed by atoms with van der Waals surface area (Å²) in [4.78, 5) is 18.9. The number of para-hydroxylation sites is 2. The van der Waals surface area contributed by atoms with E-state index >= 15 is 0 Å². The highest BCUT2D eigenvalue weighted by molar-refractivity contribution is 5.85. The number of H-pyrrole nitrogens is 1. The summed E-state index contributed by atoms with van der Waals surface area (Å²) in [6.45, 7) is 4.34. The van der Waals surface area contributed by atoms with Crippen molar-refractivity contribution in [2.45, 2.75) is 19.9 Å². The summed E-state index contributed by atoms with van der Waals surface area (Å²) in [5.74, 6) is 0.570. The van der Waals surface area contributed by atoms with Crippen LogP contribution in [0.1, 0.15) is 25.7 Å². The van der Waals surface area contributed by atoms with Crippen molar-refractivity contribution in [3.8, 4) is 0 Å². The number of halogens is 1. The minimum atomic E-state index is -0.250. The molecule has 0 amide bonds. The number of hydrogen-bond donors (Lipinski definition) is 2. The molecule has 1 unspecified atom stereocenters. The van der Waals surface area contributed by atoms with Crippen molar-refractivity contribution >= 4 is 29.4 Å². The molecule has 0 saturated carbocycles. The number of benzene rings is 1. The zero-order valence-electron chi connectivity index (χ0n) is 11.0. The van der Waals surface area contributed by atoms with Crippen molar-refractivity contribution in [2.75, 3.05) is 13.2 Å². The zero-order chi connectivity index (χ0) is 13.0. The number of nitrogens with one attached hydrogen (secondary N) is 2. The first kappa shape index (κ1) is 15.5. The molecule has 0 aliphatic rings. The first-order chi connectivity index (χ1) is 8.70. The van der Waals surface area contributed by atoms with Gasteiger partial charge in [-0.1, -0.05) is 12.1 Å². The fraction of sp³-hybridized carbons (Fsp3) is 0.385. The molecule has 6 heteroatoms. The number of carbonyl (C=O) groups is 1. The smallest absolute Gasteiger partial charge is 0.319 e. The van der Waals surface area contributed by atoms with Crippen molar-refractivity contribution in [1.82, 2.24) is 15.3 Å². The summed E-state index contributed by atoms with van der Waals surface area (Å²) in [7, 11) is 0. The quantitative estimate of drug-likeness (QED) is 0.826. The SMILES string of the molecule is CCOC(=O)CNC(C)c1nc2ccccc2[nH]1.Cl. The largest absolute Gasteiger partial charge is 0.465 e. The molecule has 0 aliphatic heterocycles. The van der Waals surface area contributed by atoms with E-state index < -0.39 is 0 Å². The standard InChI is InChI=1S/C13H17N3O2.ClH/c1-3-18-12(17)8-14-9(2)13-15-10-6-4-5-7-11(10)16-13;/h4-7,9,14H,3,8H2,1-2H3,(H,15,16);1H. The second-order valence-corrected chi connectivity index (χ2v) is 4.05. The van der Waals surface area contributed by atoms with Crippen molar-refractivity contribution in [2.24, 2.45) is 0 Å². The average Bonchev–Trinajstić information content (AvgIpc) is 2.80. The number of esters is 1. The maximum Gasteiger partial charge on any atom is 0.319 e. The van der Waals surface area contributed by atoms with E-state index in [1.807, 2.05) is 31.2 Å². The second kappa shape index (κ2) is 7.11. The van der Waals surface area contributed by atoms with Gasteiger partial charge in [0.15, 0.2) is 0 Å². The number of hydrogen-bond acceptors (Lipinski definition) is 4. The predicted molar refractivity (Wildman–Crippen MR) is 76.4 cm³/mol. The molecule has 1 heterocycles. The molecular weight excluding hydrogens is 266 g/mol. The molecular formula is C13H18ClN3O2. The maximum absolute atomic E-state index is 11.2. The summed E-state index contributed by atoms with van der Waals surface area (Å²) < 4.78 is 4.86. The molecule has 1 aromatic heterocycles. The summed E-state index contributed by atoms with van der Waals surface area (Å²) >= 11 is 0. The Balaban J connectivity index is 0.00000180. The molecule has 2 rings (SSSR count). The third-order valence-electron chi connectivity index (χ3n) is 2.68. The summed E-state index contributed by atoms with van der Waals surface area (Å²) in [5.41, 5.74) is 1.93. The minimum absolute atomic E-state index is 0. The Morgan fingerprint density at radius 2 is 2.21 bits per heavy atom. The number of nitrogens with zero attached hydrogens (tertiary/aromatic N) is 1. The van der Waals surface area contributed by atoms with Crippen molar-refractivity contribution < 1.29 is 9.53 Å². The van der Waals surface area contributed by atoms with Crippen LogP contribution in [0, 0.1) is 0 Å². The van der Waals surface area contributed by atoms with Gasteiger partial charge in [0.2, 0.25) is 0 Å². The molecule has 0 saturated heterocycles. The number of rotatable bonds is 5. The molecule has 2 aromatic rings. The topological polar surface area (TPSA) is 67.0 Å². The Kier molecular flexibility index (Phi) is 5.79. The zero-order valence-corrected chi connectivity index (χ0v) is 11.8. The Morgan fingerprint density at radius 3 is 2.89 bits per heavy atom. The van der Waals surface area contributed by atoms with Crippen LogP contribution < -0.4 is 5.32 Å². The van der Waals surface area contributed by atoms with E-state index in [1.54, 1.807) is 6.92 Å². The number of ether oxygens (including phenoxy) is 1. The van der Waals surface area contributed by atoms with Gasteiger partial charge in [-0.2, -0.15) is 0 Å². The molecule has 0 spiro atoms.